The fourth-order valence-corrected chi connectivity index (χ4v) is 1.94. The summed E-state index contributed by atoms with van der Waals surface area (Å²) in [5.41, 5.74) is 5.74. The van der Waals surface area contributed by atoms with E-state index in [9.17, 15) is 4.79 Å². The van der Waals surface area contributed by atoms with Crippen molar-refractivity contribution in [2.75, 3.05) is 6.54 Å². The highest BCUT2D eigenvalue weighted by Gasteiger charge is 2.18. The molecule has 90 valence electrons. The van der Waals surface area contributed by atoms with E-state index in [1.165, 1.54) is 0 Å². The van der Waals surface area contributed by atoms with Crippen molar-refractivity contribution in [2.24, 2.45) is 11.7 Å². The zero-order chi connectivity index (χ0) is 12.1. The molecule has 0 saturated heterocycles. The lowest BCUT2D eigenvalue weighted by atomic mass is 10.0. The van der Waals surface area contributed by atoms with E-state index in [1.807, 2.05) is 26.2 Å². The van der Waals surface area contributed by atoms with Crippen LogP contribution in [-0.2, 0) is 4.79 Å². The monoisotopic (exact) mass is 241 g/mol. The molecule has 2 unspecified atom stereocenters. The third-order valence-electron chi connectivity index (χ3n) is 2.48. The first kappa shape index (κ1) is 13.1. The summed E-state index contributed by atoms with van der Waals surface area (Å²) in [5, 5.41) is 5.83. The minimum atomic E-state index is -0.427. The van der Waals surface area contributed by atoms with Gasteiger partial charge in [-0.05, 0) is 5.92 Å². The summed E-state index contributed by atoms with van der Waals surface area (Å²) in [6.45, 7) is 6.51. The molecule has 2 atom stereocenters. The molecular weight excluding hydrogens is 222 g/mol. The largest absolute Gasteiger partial charge is 0.354 e. The Kier molecular flexibility index (Phi) is 4.89. The van der Waals surface area contributed by atoms with Gasteiger partial charge in [0.15, 0.2) is 0 Å². The summed E-state index contributed by atoms with van der Waals surface area (Å²) in [6.07, 6.45) is 1.78. The second-order valence-corrected chi connectivity index (χ2v) is 5.21. The molecule has 16 heavy (non-hydrogen) atoms. The van der Waals surface area contributed by atoms with Gasteiger partial charge in [-0.15, -0.1) is 11.3 Å². The molecule has 0 spiro atoms. The van der Waals surface area contributed by atoms with E-state index in [0.29, 0.717) is 6.54 Å². The number of aromatic nitrogens is 1. The zero-order valence-electron chi connectivity index (χ0n) is 9.93. The molecular formula is C11H19N3OS. The van der Waals surface area contributed by atoms with Gasteiger partial charge in [0.05, 0.1) is 11.0 Å². The average molecular weight is 241 g/mol. The lowest BCUT2D eigenvalue weighted by Crippen LogP contribution is -2.44. The number of carbonyl (C=O) groups excluding carboxylic acids is 1. The highest BCUT2D eigenvalue weighted by molar-refractivity contribution is 7.09. The number of rotatable bonds is 5. The van der Waals surface area contributed by atoms with E-state index in [-0.39, 0.29) is 17.7 Å². The number of nitrogens with one attached hydrogen (secondary N) is 1. The molecule has 0 aliphatic carbocycles. The highest BCUT2D eigenvalue weighted by atomic mass is 32.1. The molecule has 5 heteroatoms. The Morgan fingerprint density at radius 2 is 2.25 bits per heavy atom. The van der Waals surface area contributed by atoms with Crippen molar-refractivity contribution in [3.63, 3.8) is 0 Å². The van der Waals surface area contributed by atoms with Gasteiger partial charge in [0.25, 0.3) is 0 Å². The number of hydrogen-bond donors (Lipinski definition) is 2. The fourth-order valence-electron chi connectivity index (χ4n) is 1.24. The van der Waals surface area contributed by atoms with Crippen LogP contribution in [0.3, 0.4) is 0 Å². The SMILES string of the molecule is CC(CNC(=O)C(N)C(C)C)c1nccs1. The molecule has 1 aromatic rings. The normalized spacial score (nSPS) is 14.8. The maximum absolute atomic E-state index is 11.6. The van der Waals surface area contributed by atoms with Gasteiger partial charge in [0, 0.05) is 24.0 Å². The summed E-state index contributed by atoms with van der Waals surface area (Å²) < 4.78 is 0. The molecule has 0 fully saturated rings. The third-order valence-corrected chi connectivity index (χ3v) is 3.48. The molecule has 0 aliphatic heterocycles. The quantitative estimate of drug-likeness (QED) is 0.817. The van der Waals surface area contributed by atoms with Crippen LogP contribution in [0.25, 0.3) is 0 Å². The van der Waals surface area contributed by atoms with E-state index in [2.05, 4.69) is 10.3 Å². The molecule has 4 nitrogen and oxygen atoms in total. The van der Waals surface area contributed by atoms with Crippen LogP contribution in [0, 0.1) is 5.92 Å². The van der Waals surface area contributed by atoms with Crippen LogP contribution in [0.4, 0.5) is 0 Å². The topological polar surface area (TPSA) is 68.0 Å². The van der Waals surface area contributed by atoms with Gasteiger partial charge in [-0.2, -0.15) is 0 Å². The maximum Gasteiger partial charge on any atom is 0.237 e. The minimum Gasteiger partial charge on any atom is -0.354 e. The van der Waals surface area contributed by atoms with Crippen molar-refractivity contribution in [1.29, 1.82) is 0 Å². The van der Waals surface area contributed by atoms with E-state index < -0.39 is 6.04 Å². The number of carbonyl (C=O) groups is 1. The minimum absolute atomic E-state index is 0.0848. The van der Waals surface area contributed by atoms with Gasteiger partial charge >= 0.3 is 0 Å². The van der Waals surface area contributed by atoms with Crippen LogP contribution in [0.5, 0.6) is 0 Å². The highest BCUT2D eigenvalue weighted by Crippen LogP contribution is 2.16. The lowest BCUT2D eigenvalue weighted by molar-refractivity contribution is -0.123. The smallest absolute Gasteiger partial charge is 0.237 e. The maximum atomic E-state index is 11.6. The number of amides is 1. The van der Waals surface area contributed by atoms with Crippen LogP contribution >= 0.6 is 11.3 Å². The molecule has 1 amide bonds. The summed E-state index contributed by atoms with van der Waals surface area (Å²) in [4.78, 5) is 15.8. The van der Waals surface area contributed by atoms with Crippen molar-refractivity contribution in [3.05, 3.63) is 16.6 Å². The van der Waals surface area contributed by atoms with E-state index in [4.69, 9.17) is 5.73 Å². The predicted molar refractivity (Wildman–Crippen MR) is 66.4 cm³/mol. The molecule has 0 saturated carbocycles. The van der Waals surface area contributed by atoms with Gasteiger partial charge in [0.2, 0.25) is 5.91 Å². The van der Waals surface area contributed by atoms with Crippen LogP contribution in [0.15, 0.2) is 11.6 Å². The Morgan fingerprint density at radius 1 is 1.56 bits per heavy atom. The van der Waals surface area contributed by atoms with E-state index in [1.54, 1.807) is 17.5 Å². The molecule has 1 aromatic heterocycles. The molecule has 3 N–H and O–H groups in total. The van der Waals surface area contributed by atoms with Crippen LogP contribution < -0.4 is 11.1 Å². The summed E-state index contributed by atoms with van der Waals surface area (Å²) in [7, 11) is 0. The molecule has 0 aromatic carbocycles. The first-order valence-corrected chi connectivity index (χ1v) is 6.33. The molecule has 1 rings (SSSR count). The second-order valence-electron chi connectivity index (χ2n) is 4.29. The molecule has 0 bridgehead atoms. The van der Waals surface area contributed by atoms with Crippen molar-refractivity contribution >= 4 is 17.2 Å². The van der Waals surface area contributed by atoms with E-state index >= 15 is 0 Å². The van der Waals surface area contributed by atoms with E-state index in [0.717, 1.165) is 5.01 Å². The van der Waals surface area contributed by atoms with Crippen LogP contribution in [-0.4, -0.2) is 23.5 Å². The van der Waals surface area contributed by atoms with Gasteiger partial charge in [-0.3, -0.25) is 4.79 Å². The van der Waals surface area contributed by atoms with Crippen LogP contribution in [0.2, 0.25) is 0 Å². The molecule has 0 radical (unpaired) electrons. The Morgan fingerprint density at radius 3 is 2.75 bits per heavy atom. The Bertz CT molecular complexity index is 324. The first-order chi connectivity index (χ1) is 7.52. The molecule has 0 aliphatic rings. The van der Waals surface area contributed by atoms with Gasteiger partial charge < -0.3 is 11.1 Å². The van der Waals surface area contributed by atoms with Crippen molar-refractivity contribution in [2.45, 2.75) is 32.7 Å². The number of nitrogens with two attached hydrogens (primary N) is 1. The second kappa shape index (κ2) is 5.96. The summed E-state index contributed by atoms with van der Waals surface area (Å²) in [5.74, 6) is 0.317. The number of nitrogens with zero attached hydrogens (tertiary/aromatic N) is 1. The number of hydrogen-bond acceptors (Lipinski definition) is 4. The average Bonchev–Trinajstić information content (AvgIpc) is 2.77. The zero-order valence-corrected chi connectivity index (χ0v) is 10.8. The number of thiazole rings is 1. The predicted octanol–water partition coefficient (Wildman–Crippen LogP) is 1.35. The first-order valence-electron chi connectivity index (χ1n) is 5.45. The Balaban J connectivity index is 2.37. The molecule has 1 heterocycles. The van der Waals surface area contributed by atoms with Crippen molar-refractivity contribution in [3.8, 4) is 0 Å². The van der Waals surface area contributed by atoms with Gasteiger partial charge in [-0.1, -0.05) is 20.8 Å². The van der Waals surface area contributed by atoms with Crippen molar-refractivity contribution in [1.82, 2.24) is 10.3 Å². The fraction of sp³-hybridized carbons (Fsp3) is 0.636. The van der Waals surface area contributed by atoms with Crippen molar-refractivity contribution < 1.29 is 4.79 Å². The third kappa shape index (κ3) is 3.57. The summed E-state index contributed by atoms with van der Waals surface area (Å²) >= 11 is 1.60. The Labute approximate surface area is 100 Å². The van der Waals surface area contributed by atoms with Crippen LogP contribution in [0.1, 0.15) is 31.7 Å². The Hall–Kier alpha value is -0.940. The lowest BCUT2D eigenvalue weighted by Gasteiger charge is -2.16. The standard InChI is InChI=1S/C11H19N3OS/c1-7(2)9(12)10(15)14-6-8(3)11-13-4-5-16-11/h4-5,7-9H,6,12H2,1-3H3,(H,14,15). The van der Waals surface area contributed by atoms with Gasteiger partial charge in [-0.25, -0.2) is 4.98 Å². The summed E-state index contributed by atoms with van der Waals surface area (Å²) in [6, 6.07) is -0.427. The van der Waals surface area contributed by atoms with Gasteiger partial charge in [0.1, 0.15) is 0 Å².